The Morgan fingerprint density at radius 3 is 2.22 bits per heavy atom. The van der Waals surface area contributed by atoms with Crippen LogP contribution in [0.2, 0.25) is 0 Å². The van der Waals surface area contributed by atoms with E-state index in [0.717, 1.165) is 16.7 Å². The van der Waals surface area contributed by atoms with E-state index in [-0.39, 0.29) is 36.9 Å². The average Bonchev–Trinajstić information content (AvgIpc) is 3.36. The molecule has 0 bridgehead atoms. The van der Waals surface area contributed by atoms with Gasteiger partial charge in [0.1, 0.15) is 18.2 Å². The SMILES string of the molecule is COC(=O)[C@H]1CC[C@H](N(Cc2ccc(OC)cc2)C(=O)OCc2ccccc2)[C@@H]1c1ccc(F)cc1. The van der Waals surface area contributed by atoms with E-state index in [4.69, 9.17) is 14.2 Å². The van der Waals surface area contributed by atoms with Gasteiger partial charge in [-0.05, 0) is 53.8 Å². The van der Waals surface area contributed by atoms with Gasteiger partial charge in [0, 0.05) is 18.5 Å². The number of methoxy groups -OCH3 is 2. The lowest BCUT2D eigenvalue weighted by Crippen LogP contribution is -2.43. The summed E-state index contributed by atoms with van der Waals surface area (Å²) in [6, 6.07) is 22.7. The molecule has 0 aromatic heterocycles. The maximum atomic E-state index is 13.7. The molecule has 3 atom stereocenters. The molecule has 3 aromatic carbocycles. The topological polar surface area (TPSA) is 65.1 Å². The lowest BCUT2D eigenvalue weighted by atomic mass is 9.86. The third kappa shape index (κ3) is 5.85. The van der Waals surface area contributed by atoms with Crippen LogP contribution in [-0.4, -0.2) is 37.2 Å². The van der Waals surface area contributed by atoms with Gasteiger partial charge in [0.25, 0.3) is 0 Å². The number of halogens is 1. The number of esters is 1. The fourth-order valence-electron chi connectivity index (χ4n) is 4.93. The van der Waals surface area contributed by atoms with Crippen molar-refractivity contribution in [2.24, 2.45) is 5.92 Å². The number of carbonyl (C=O) groups is 2. The first kappa shape index (κ1) is 25.2. The van der Waals surface area contributed by atoms with Gasteiger partial charge in [-0.3, -0.25) is 4.79 Å². The van der Waals surface area contributed by atoms with Crippen molar-refractivity contribution in [1.82, 2.24) is 4.90 Å². The van der Waals surface area contributed by atoms with Crippen LogP contribution in [0.4, 0.5) is 9.18 Å². The summed E-state index contributed by atoms with van der Waals surface area (Å²) < 4.78 is 29.8. The zero-order valence-corrected chi connectivity index (χ0v) is 20.4. The first-order chi connectivity index (χ1) is 17.5. The Labute approximate surface area is 210 Å². The third-order valence-electron chi connectivity index (χ3n) is 6.73. The van der Waals surface area contributed by atoms with Gasteiger partial charge in [-0.2, -0.15) is 0 Å². The van der Waals surface area contributed by atoms with Crippen molar-refractivity contribution in [2.75, 3.05) is 14.2 Å². The van der Waals surface area contributed by atoms with Crippen molar-refractivity contribution in [1.29, 1.82) is 0 Å². The molecule has 0 saturated heterocycles. The van der Waals surface area contributed by atoms with Crippen molar-refractivity contribution < 1.29 is 28.2 Å². The van der Waals surface area contributed by atoms with E-state index in [2.05, 4.69) is 0 Å². The van der Waals surface area contributed by atoms with Crippen LogP contribution in [0.15, 0.2) is 78.9 Å². The summed E-state index contributed by atoms with van der Waals surface area (Å²) in [5, 5.41) is 0. The highest BCUT2D eigenvalue weighted by atomic mass is 19.1. The average molecular weight is 492 g/mol. The number of ether oxygens (including phenoxy) is 3. The number of carbonyl (C=O) groups excluding carboxylic acids is 2. The van der Waals surface area contributed by atoms with Gasteiger partial charge in [0.15, 0.2) is 0 Å². The zero-order valence-electron chi connectivity index (χ0n) is 20.4. The molecule has 4 rings (SSSR count). The van der Waals surface area contributed by atoms with E-state index in [1.54, 1.807) is 24.1 Å². The van der Waals surface area contributed by atoms with Crippen LogP contribution in [-0.2, 0) is 27.4 Å². The maximum Gasteiger partial charge on any atom is 0.410 e. The molecule has 7 heteroatoms. The van der Waals surface area contributed by atoms with E-state index >= 15 is 0 Å². The molecule has 1 amide bonds. The van der Waals surface area contributed by atoms with Crippen LogP contribution >= 0.6 is 0 Å². The molecule has 6 nitrogen and oxygen atoms in total. The second kappa shape index (κ2) is 11.7. The van der Waals surface area contributed by atoms with E-state index in [1.807, 2.05) is 54.6 Å². The Morgan fingerprint density at radius 2 is 1.58 bits per heavy atom. The number of hydrogen-bond donors (Lipinski definition) is 0. The normalized spacial score (nSPS) is 18.9. The molecular weight excluding hydrogens is 461 g/mol. The number of nitrogens with zero attached hydrogens (tertiary/aromatic N) is 1. The van der Waals surface area contributed by atoms with Crippen molar-refractivity contribution in [3.63, 3.8) is 0 Å². The predicted octanol–water partition coefficient (Wildman–Crippen LogP) is 5.71. The van der Waals surface area contributed by atoms with E-state index in [0.29, 0.717) is 18.6 Å². The minimum absolute atomic E-state index is 0.132. The van der Waals surface area contributed by atoms with Crippen LogP contribution in [0.1, 0.15) is 35.4 Å². The first-order valence-electron chi connectivity index (χ1n) is 11.9. The van der Waals surface area contributed by atoms with Gasteiger partial charge in [-0.15, -0.1) is 0 Å². The summed E-state index contributed by atoms with van der Waals surface area (Å²) in [5.74, 6) is -0.798. The molecule has 0 unspecified atom stereocenters. The van der Waals surface area contributed by atoms with Crippen molar-refractivity contribution in [3.8, 4) is 5.75 Å². The molecule has 1 fully saturated rings. The smallest absolute Gasteiger partial charge is 0.410 e. The highest BCUT2D eigenvalue weighted by Gasteiger charge is 2.46. The minimum atomic E-state index is -0.475. The minimum Gasteiger partial charge on any atom is -0.497 e. The Morgan fingerprint density at radius 1 is 0.889 bits per heavy atom. The van der Waals surface area contributed by atoms with Crippen LogP contribution in [0, 0.1) is 11.7 Å². The number of amides is 1. The van der Waals surface area contributed by atoms with Gasteiger partial charge in [0.2, 0.25) is 0 Å². The van der Waals surface area contributed by atoms with Crippen molar-refractivity contribution in [2.45, 2.75) is 38.0 Å². The van der Waals surface area contributed by atoms with Crippen LogP contribution in [0.25, 0.3) is 0 Å². The standard InChI is InChI=1S/C29H30FNO5/c1-34-24-14-8-20(9-15-24)18-31(29(33)36-19-21-6-4-3-5-7-21)26-17-16-25(28(32)35-2)27(26)22-10-12-23(30)13-11-22/h3-15,25-27H,16-19H2,1-2H3/t25-,26-,27+/m0/s1. The molecule has 0 aliphatic heterocycles. The van der Waals surface area contributed by atoms with Gasteiger partial charge >= 0.3 is 12.1 Å². The molecule has 0 heterocycles. The molecule has 1 aliphatic rings. The summed E-state index contributed by atoms with van der Waals surface area (Å²) >= 11 is 0. The maximum absolute atomic E-state index is 13.7. The van der Waals surface area contributed by atoms with E-state index in [9.17, 15) is 14.0 Å². The van der Waals surface area contributed by atoms with Crippen LogP contribution in [0.3, 0.4) is 0 Å². The largest absolute Gasteiger partial charge is 0.497 e. The number of benzene rings is 3. The third-order valence-corrected chi connectivity index (χ3v) is 6.73. The van der Waals surface area contributed by atoms with Gasteiger partial charge in [0.05, 0.1) is 20.1 Å². The van der Waals surface area contributed by atoms with Crippen LogP contribution in [0.5, 0.6) is 5.75 Å². The molecule has 36 heavy (non-hydrogen) atoms. The summed E-state index contributed by atoms with van der Waals surface area (Å²) in [5.41, 5.74) is 2.56. The Balaban J connectivity index is 1.65. The second-order valence-electron chi connectivity index (χ2n) is 8.87. The quantitative estimate of drug-likeness (QED) is 0.378. The lowest BCUT2D eigenvalue weighted by Gasteiger charge is -2.34. The number of rotatable bonds is 8. The van der Waals surface area contributed by atoms with Crippen molar-refractivity contribution in [3.05, 3.63) is 101 Å². The van der Waals surface area contributed by atoms with E-state index in [1.165, 1.54) is 19.2 Å². The molecule has 188 valence electrons. The van der Waals surface area contributed by atoms with Gasteiger partial charge in [-0.25, -0.2) is 9.18 Å². The monoisotopic (exact) mass is 491 g/mol. The summed E-state index contributed by atoms with van der Waals surface area (Å²) in [4.78, 5) is 27.9. The van der Waals surface area contributed by atoms with Crippen molar-refractivity contribution >= 4 is 12.1 Å². The zero-order chi connectivity index (χ0) is 25.5. The molecule has 0 N–H and O–H groups in total. The molecule has 1 saturated carbocycles. The first-order valence-corrected chi connectivity index (χ1v) is 11.9. The molecule has 0 radical (unpaired) electrons. The van der Waals surface area contributed by atoms with Gasteiger partial charge in [-0.1, -0.05) is 54.6 Å². The lowest BCUT2D eigenvalue weighted by molar-refractivity contribution is -0.145. The highest BCUT2D eigenvalue weighted by Crippen LogP contribution is 2.44. The highest BCUT2D eigenvalue weighted by molar-refractivity contribution is 5.75. The Hall–Kier alpha value is -3.87. The molecule has 3 aromatic rings. The molecular formula is C29H30FNO5. The Bertz CT molecular complexity index is 1150. The molecule has 1 aliphatic carbocycles. The Kier molecular flexibility index (Phi) is 8.21. The van der Waals surface area contributed by atoms with Gasteiger partial charge < -0.3 is 19.1 Å². The molecule has 0 spiro atoms. The van der Waals surface area contributed by atoms with Crippen LogP contribution < -0.4 is 4.74 Å². The second-order valence-corrected chi connectivity index (χ2v) is 8.87. The fraction of sp³-hybridized carbons (Fsp3) is 0.310. The van der Waals surface area contributed by atoms with E-state index < -0.39 is 12.0 Å². The predicted molar refractivity (Wildman–Crippen MR) is 133 cm³/mol. The summed E-state index contributed by atoms with van der Waals surface area (Å²) in [6.07, 6.45) is 0.653. The fourth-order valence-corrected chi connectivity index (χ4v) is 4.93. The summed E-state index contributed by atoms with van der Waals surface area (Å²) in [6.45, 7) is 0.418. The number of hydrogen-bond acceptors (Lipinski definition) is 5. The summed E-state index contributed by atoms with van der Waals surface area (Å²) in [7, 11) is 2.96.